The van der Waals surface area contributed by atoms with Gasteiger partial charge in [-0.2, -0.15) is 0 Å². The average Bonchev–Trinajstić information content (AvgIpc) is 1.54. The Labute approximate surface area is 121 Å². The summed E-state index contributed by atoms with van der Waals surface area (Å²) in [5, 5.41) is 50.0. The molecule has 0 bridgehead atoms. The fourth-order valence-electron chi connectivity index (χ4n) is 0. The molecule has 0 rings (SSSR count). The van der Waals surface area contributed by atoms with Crippen LogP contribution >= 0.6 is 0 Å². The van der Waals surface area contributed by atoms with E-state index in [2.05, 4.69) is 0 Å². The second-order valence-electron chi connectivity index (χ2n) is 0.750. The molecule has 0 aliphatic carbocycles. The third-order valence-electron chi connectivity index (χ3n) is 0. The summed E-state index contributed by atoms with van der Waals surface area (Å²) in [7, 11) is 0. The van der Waals surface area contributed by atoms with E-state index in [1.807, 2.05) is 0 Å². The van der Waals surface area contributed by atoms with Crippen molar-refractivity contribution < 1.29 is 66.1 Å². The topological polar surface area (TPSA) is 190 Å². The van der Waals surface area contributed by atoms with Gasteiger partial charge in [0.2, 0.25) is 0 Å². The van der Waals surface area contributed by atoms with E-state index in [0.29, 0.717) is 0 Å². The molecule has 74 valence electrons. The van der Waals surface area contributed by atoms with Crippen LogP contribution in [0.25, 0.3) is 0 Å². The second kappa shape index (κ2) is 23.0. The van der Waals surface area contributed by atoms with E-state index in [0.717, 1.165) is 0 Å². The molecule has 0 saturated heterocycles. The maximum atomic E-state index is 8.33. The van der Waals surface area contributed by atoms with Crippen LogP contribution in [-0.4, -0.2) is 56.2 Å². The van der Waals surface area contributed by atoms with Crippen LogP contribution in [0.3, 0.4) is 0 Å². The summed E-state index contributed by atoms with van der Waals surface area (Å²) < 4.78 is 0. The standard InChI is InChI=1S/3CH2O3.Ca.Mo/c3*2-1(3)4;;/h3*(H2,2,3,4);;/q;;;+2;+4/p-6. The quantitative estimate of drug-likeness (QED) is 0.390. The van der Waals surface area contributed by atoms with Gasteiger partial charge in [0, 0.05) is 0 Å². The van der Waals surface area contributed by atoms with Crippen molar-refractivity contribution in [3.8, 4) is 0 Å². The van der Waals surface area contributed by atoms with Crippen LogP contribution in [0.2, 0.25) is 0 Å². The molecule has 0 amide bonds. The zero-order chi connectivity index (χ0) is 10.7. The summed E-state index contributed by atoms with van der Waals surface area (Å²) in [6.45, 7) is 0. The van der Waals surface area contributed by atoms with Gasteiger partial charge < -0.3 is 45.0 Å². The van der Waals surface area contributed by atoms with Gasteiger partial charge in [0.25, 0.3) is 0 Å². The molecule has 0 aromatic carbocycles. The van der Waals surface area contributed by atoms with E-state index < -0.39 is 18.5 Å². The Bertz CT molecular complexity index is 118. The minimum atomic E-state index is -2.33. The molecule has 0 N–H and O–H groups in total. The predicted molar refractivity (Wildman–Crippen MR) is 21.9 cm³/mol. The maximum Gasteiger partial charge on any atom is 4.00 e. The summed E-state index contributed by atoms with van der Waals surface area (Å²) in [4.78, 5) is 25.0. The van der Waals surface area contributed by atoms with Gasteiger partial charge >= 0.3 is 58.8 Å². The van der Waals surface area contributed by atoms with Gasteiger partial charge in [0.1, 0.15) is 0 Å². The van der Waals surface area contributed by atoms with Gasteiger partial charge in [-0.15, -0.1) is 0 Å². The van der Waals surface area contributed by atoms with Crippen LogP contribution < -0.4 is 30.6 Å². The average molecular weight is 316 g/mol. The van der Waals surface area contributed by atoms with Crippen molar-refractivity contribution >= 4 is 56.2 Å². The molecular weight excluding hydrogens is 316 g/mol. The van der Waals surface area contributed by atoms with Crippen LogP contribution in [-0.2, 0) is 21.1 Å². The fourth-order valence-corrected chi connectivity index (χ4v) is 0. The minimum absolute atomic E-state index is 0. The van der Waals surface area contributed by atoms with Crippen molar-refractivity contribution in [1.82, 2.24) is 0 Å². The third-order valence-corrected chi connectivity index (χ3v) is 0. The Kier molecular flexibility index (Phi) is 48.0. The molecule has 0 saturated carbocycles. The molecule has 0 aliphatic rings. The molecular formula is C3CaMoO9. The Morgan fingerprint density at radius 3 is 0.571 bits per heavy atom. The maximum absolute atomic E-state index is 8.33. The molecule has 11 heteroatoms. The van der Waals surface area contributed by atoms with Gasteiger partial charge in [-0.3, -0.25) is 0 Å². The molecule has 0 aromatic heterocycles. The third kappa shape index (κ3) is 23200. The number of carboxylic acid groups (broad SMARTS) is 6. The van der Waals surface area contributed by atoms with Crippen molar-refractivity contribution in [2.24, 2.45) is 0 Å². The number of rotatable bonds is 0. The van der Waals surface area contributed by atoms with Gasteiger partial charge in [-0.1, -0.05) is 0 Å². The first-order chi connectivity index (χ1) is 5.20. The summed E-state index contributed by atoms with van der Waals surface area (Å²) in [6, 6.07) is 0. The molecule has 0 atom stereocenters. The van der Waals surface area contributed by atoms with Crippen molar-refractivity contribution in [3.05, 3.63) is 0 Å². The SMILES string of the molecule is O=C([O-])[O-].O=C([O-])[O-].O=C([O-])[O-].[Ca+2].[Mo+4]. The Hall–Kier alpha value is -0.242. The molecule has 9 nitrogen and oxygen atoms in total. The van der Waals surface area contributed by atoms with E-state index in [-0.39, 0.29) is 58.8 Å². The van der Waals surface area contributed by atoms with Gasteiger partial charge in [0.15, 0.2) is 0 Å². The number of hydrogen-bond donors (Lipinski definition) is 0. The molecule has 0 fully saturated rings. The minimum Gasteiger partial charge on any atom is -0.652 e. The van der Waals surface area contributed by atoms with E-state index in [1.165, 1.54) is 0 Å². The van der Waals surface area contributed by atoms with Crippen molar-refractivity contribution in [2.45, 2.75) is 0 Å². The Morgan fingerprint density at radius 2 is 0.571 bits per heavy atom. The fraction of sp³-hybridized carbons (Fsp3) is 0. The monoisotopic (exact) mass is 318 g/mol. The van der Waals surface area contributed by atoms with Crippen LogP contribution in [0.1, 0.15) is 0 Å². The molecule has 0 unspecified atom stereocenters. The van der Waals surface area contributed by atoms with Crippen molar-refractivity contribution in [3.63, 3.8) is 0 Å². The van der Waals surface area contributed by atoms with Crippen molar-refractivity contribution in [2.75, 3.05) is 0 Å². The molecule has 0 aliphatic heterocycles. The molecule has 0 spiro atoms. The molecule has 0 radical (unpaired) electrons. The van der Waals surface area contributed by atoms with E-state index >= 15 is 0 Å². The van der Waals surface area contributed by atoms with Gasteiger partial charge in [0.05, 0.1) is 0 Å². The van der Waals surface area contributed by atoms with E-state index in [9.17, 15) is 0 Å². The first-order valence-electron chi connectivity index (χ1n) is 1.84. The normalized spacial score (nSPS) is 5.14. The zero-order valence-corrected chi connectivity index (χ0v) is 10.5. The largest absolute Gasteiger partial charge is 4.00 e. The van der Waals surface area contributed by atoms with E-state index in [4.69, 9.17) is 45.0 Å². The van der Waals surface area contributed by atoms with Gasteiger partial charge in [-0.05, 0) is 18.5 Å². The van der Waals surface area contributed by atoms with Crippen LogP contribution in [0.15, 0.2) is 0 Å². The number of hydrogen-bond acceptors (Lipinski definition) is 9. The van der Waals surface area contributed by atoms with Gasteiger partial charge in [-0.25, -0.2) is 0 Å². The molecule has 0 heterocycles. The zero-order valence-electron chi connectivity index (χ0n) is 6.29. The van der Waals surface area contributed by atoms with Crippen LogP contribution in [0.5, 0.6) is 0 Å². The Morgan fingerprint density at radius 1 is 0.571 bits per heavy atom. The van der Waals surface area contributed by atoms with E-state index in [1.54, 1.807) is 0 Å². The molecule has 14 heavy (non-hydrogen) atoms. The van der Waals surface area contributed by atoms with Crippen molar-refractivity contribution in [1.29, 1.82) is 0 Å². The first kappa shape index (κ1) is 29.2. The number of carbonyl (C=O) groups excluding carboxylic acids is 3. The second-order valence-corrected chi connectivity index (χ2v) is 0.750. The summed E-state index contributed by atoms with van der Waals surface area (Å²) >= 11 is 0. The summed E-state index contributed by atoms with van der Waals surface area (Å²) in [5.41, 5.74) is 0. The van der Waals surface area contributed by atoms with Crippen LogP contribution in [0, 0.1) is 0 Å². The Balaban J connectivity index is -0.0000000270. The molecule has 0 aromatic rings. The number of carbonyl (C=O) groups is 3. The smallest absolute Gasteiger partial charge is 0.652 e. The van der Waals surface area contributed by atoms with Crippen LogP contribution in [0.4, 0.5) is 14.4 Å². The summed E-state index contributed by atoms with van der Waals surface area (Å²) in [6.07, 6.45) is -7.00. The predicted octanol–water partition coefficient (Wildman–Crippen LogP) is -7.72. The summed E-state index contributed by atoms with van der Waals surface area (Å²) in [5.74, 6) is 0. The first-order valence-corrected chi connectivity index (χ1v) is 1.84.